The van der Waals surface area contributed by atoms with Crippen LogP contribution in [0, 0.1) is 0 Å². The number of carbonyl (C=O) groups is 1. The van der Waals surface area contributed by atoms with E-state index in [1.807, 2.05) is 18.2 Å². The van der Waals surface area contributed by atoms with E-state index in [1.54, 1.807) is 12.1 Å². The molecule has 0 radical (unpaired) electrons. The summed E-state index contributed by atoms with van der Waals surface area (Å²) in [7, 11) is 0. The molecule has 0 fully saturated rings. The van der Waals surface area contributed by atoms with Crippen LogP contribution in [0.4, 0.5) is 4.79 Å². The van der Waals surface area contributed by atoms with Crippen LogP contribution < -0.4 is 5.73 Å². The van der Waals surface area contributed by atoms with Gasteiger partial charge in [0.1, 0.15) is 6.10 Å². The molecular formula is C16H13Cl2NO2. The molecule has 3 rings (SSSR count). The number of aryl methyl sites for hydroxylation is 1. The van der Waals surface area contributed by atoms with Crippen molar-refractivity contribution in [3.05, 3.63) is 57.6 Å². The normalized spacial score (nSPS) is 16.6. The number of carbonyl (C=O) groups excluding carboxylic acids is 1. The molecule has 0 saturated heterocycles. The van der Waals surface area contributed by atoms with Crippen LogP contribution in [0.2, 0.25) is 10.0 Å². The fraction of sp³-hybridized carbons (Fsp3) is 0.188. The summed E-state index contributed by atoms with van der Waals surface area (Å²) >= 11 is 12.3. The molecule has 1 atom stereocenters. The van der Waals surface area contributed by atoms with E-state index in [9.17, 15) is 4.79 Å². The second kappa shape index (κ2) is 5.58. The van der Waals surface area contributed by atoms with Gasteiger partial charge in [-0.2, -0.15) is 0 Å². The molecule has 1 aliphatic carbocycles. The Kier molecular flexibility index (Phi) is 3.79. The summed E-state index contributed by atoms with van der Waals surface area (Å²) in [5.41, 5.74) is 9.15. The van der Waals surface area contributed by atoms with Gasteiger partial charge in [-0.3, -0.25) is 0 Å². The lowest BCUT2D eigenvalue weighted by molar-refractivity contribution is 0.107. The van der Waals surface area contributed by atoms with Crippen molar-refractivity contribution in [3.63, 3.8) is 0 Å². The van der Waals surface area contributed by atoms with Gasteiger partial charge in [-0.25, -0.2) is 4.79 Å². The molecule has 5 heteroatoms. The third-order valence-corrected chi connectivity index (χ3v) is 4.23. The molecule has 0 saturated carbocycles. The second-order valence-corrected chi connectivity index (χ2v) is 5.85. The summed E-state index contributed by atoms with van der Waals surface area (Å²) in [6, 6.07) is 11.4. The number of fused-ring (bicyclic) bond motifs is 1. The molecule has 3 nitrogen and oxygen atoms in total. The first-order valence-corrected chi connectivity index (χ1v) is 7.34. The summed E-state index contributed by atoms with van der Waals surface area (Å²) in [4.78, 5) is 10.9. The Labute approximate surface area is 132 Å². The molecule has 2 aromatic rings. The molecule has 0 aromatic heterocycles. The van der Waals surface area contributed by atoms with Gasteiger partial charge in [0.2, 0.25) is 0 Å². The van der Waals surface area contributed by atoms with Gasteiger partial charge in [0.15, 0.2) is 0 Å². The van der Waals surface area contributed by atoms with Crippen LogP contribution in [0.3, 0.4) is 0 Å². The molecule has 0 bridgehead atoms. The first-order chi connectivity index (χ1) is 10.0. The zero-order valence-electron chi connectivity index (χ0n) is 11.1. The number of amides is 1. The minimum Gasteiger partial charge on any atom is -0.441 e. The molecule has 0 spiro atoms. The minimum atomic E-state index is -0.741. The highest BCUT2D eigenvalue weighted by molar-refractivity contribution is 6.35. The number of halogens is 2. The van der Waals surface area contributed by atoms with Gasteiger partial charge >= 0.3 is 6.09 Å². The maximum Gasteiger partial charge on any atom is 0.405 e. The molecule has 0 aliphatic heterocycles. The molecule has 2 N–H and O–H groups in total. The largest absolute Gasteiger partial charge is 0.441 e. The van der Waals surface area contributed by atoms with Crippen LogP contribution in [-0.4, -0.2) is 6.09 Å². The topological polar surface area (TPSA) is 52.3 Å². The van der Waals surface area contributed by atoms with E-state index in [0.29, 0.717) is 10.0 Å². The van der Waals surface area contributed by atoms with Crippen LogP contribution >= 0.6 is 23.2 Å². The lowest BCUT2D eigenvalue weighted by Crippen LogP contribution is -2.15. The first-order valence-electron chi connectivity index (χ1n) is 6.59. The van der Waals surface area contributed by atoms with Crippen molar-refractivity contribution in [2.75, 3.05) is 0 Å². The number of rotatable bonds is 2. The maximum absolute atomic E-state index is 10.9. The molecule has 2 aromatic carbocycles. The van der Waals surface area contributed by atoms with E-state index in [1.165, 1.54) is 0 Å². The predicted molar refractivity (Wildman–Crippen MR) is 83.6 cm³/mol. The van der Waals surface area contributed by atoms with Crippen molar-refractivity contribution in [2.45, 2.75) is 18.9 Å². The third kappa shape index (κ3) is 2.85. The average molecular weight is 322 g/mol. The van der Waals surface area contributed by atoms with Crippen molar-refractivity contribution >= 4 is 29.3 Å². The van der Waals surface area contributed by atoms with E-state index in [4.69, 9.17) is 33.7 Å². The zero-order chi connectivity index (χ0) is 15.0. The molecule has 1 unspecified atom stereocenters. The van der Waals surface area contributed by atoms with E-state index in [-0.39, 0.29) is 6.10 Å². The van der Waals surface area contributed by atoms with Gasteiger partial charge in [-0.05, 0) is 47.7 Å². The predicted octanol–water partition coefficient (Wildman–Crippen LogP) is 4.74. The summed E-state index contributed by atoms with van der Waals surface area (Å²) < 4.78 is 5.12. The maximum atomic E-state index is 10.9. The zero-order valence-corrected chi connectivity index (χ0v) is 12.6. The molecule has 108 valence electrons. The van der Waals surface area contributed by atoms with Gasteiger partial charge in [0.05, 0.1) is 0 Å². The average Bonchev–Trinajstić information content (AvgIpc) is 2.83. The Bertz CT molecular complexity index is 715. The molecular weight excluding hydrogens is 309 g/mol. The summed E-state index contributed by atoms with van der Waals surface area (Å²) in [6.45, 7) is 0. The SMILES string of the molecule is NC(=O)OC1CCc2cc(-c3cc(Cl)ccc3Cl)ccc21. The fourth-order valence-corrected chi connectivity index (χ4v) is 3.13. The Hall–Kier alpha value is -1.71. The number of benzene rings is 2. The fourth-order valence-electron chi connectivity index (χ4n) is 2.73. The first kappa shape index (κ1) is 14.2. The van der Waals surface area contributed by atoms with Gasteiger partial charge in [-0.15, -0.1) is 0 Å². The monoisotopic (exact) mass is 321 g/mol. The molecule has 0 heterocycles. The van der Waals surface area contributed by atoms with Gasteiger partial charge < -0.3 is 10.5 Å². The van der Waals surface area contributed by atoms with Crippen LogP contribution in [0.25, 0.3) is 11.1 Å². The standard InChI is InChI=1S/C16H13Cl2NO2/c17-11-3-5-14(18)13(8-11)10-1-4-12-9(7-10)2-6-15(12)21-16(19)20/h1,3-5,7-8,15H,2,6H2,(H2,19,20). The van der Waals surface area contributed by atoms with Crippen molar-refractivity contribution in [1.82, 2.24) is 0 Å². The Balaban J connectivity index is 1.98. The third-order valence-electron chi connectivity index (χ3n) is 3.66. The van der Waals surface area contributed by atoms with E-state index < -0.39 is 6.09 Å². The minimum absolute atomic E-state index is 0.249. The summed E-state index contributed by atoms with van der Waals surface area (Å²) in [5.74, 6) is 0. The highest BCUT2D eigenvalue weighted by Crippen LogP contribution is 2.38. The smallest absolute Gasteiger partial charge is 0.405 e. The molecule has 1 amide bonds. The van der Waals surface area contributed by atoms with Crippen molar-refractivity contribution in [1.29, 1.82) is 0 Å². The number of hydrogen-bond acceptors (Lipinski definition) is 2. The number of primary amides is 1. The number of ether oxygens (including phenoxy) is 1. The molecule has 21 heavy (non-hydrogen) atoms. The lowest BCUT2D eigenvalue weighted by Gasteiger charge is -2.12. The Morgan fingerprint density at radius 1 is 1.19 bits per heavy atom. The molecule has 1 aliphatic rings. The van der Waals surface area contributed by atoms with Crippen molar-refractivity contribution in [2.24, 2.45) is 5.73 Å². The van der Waals surface area contributed by atoms with Crippen molar-refractivity contribution < 1.29 is 9.53 Å². The van der Waals surface area contributed by atoms with Gasteiger partial charge in [-0.1, -0.05) is 41.4 Å². The highest BCUT2D eigenvalue weighted by Gasteiger charge is 2.25. The van der Waals surface area contributed by atoms with Crippen LogP contribution in [0.5, 0.6) is 0 Å². The Morgan fingerprint density at radius 3 is 2.76 bits per heavy atom. The van der Waals surface area contributed by atoms with E-state index in [2.05, 4.69) is 6.07 Å². The number of hydrogen-bond donors (Lipinski definition) is 1. The van der Waals surface area contributed by atoms with Crippen LogP contribution in [0.15, 0.2) is 36.4 Å². The Morgan fingerprint density at radius 2 is 2.00 bits per heavy atom. The van der Waals surface area contributed by atoms with E-state index >= 15 is 0 Å². The summed E-state index contributed by atoms with van der Waals surface area (Å²) in [6.07, 6.45) is 0.612. The second-order valence-electron chi connectivity index (χ2n) is 5.00. The van der Waals surface area contributed by atoms with Gasteiger partial charge in [0, 0.05) is 15.6 Å². The summed E-state index contributed by atoms with van der Waals surface area (Å²) in [5, 5.41) is 1.30. The van der Waals surface area contributed by atoms with Crippen LogP contribution in [-0.2, 0) is 11.2 Å². The number of nitrogens with two attached hydrogens (primary N) is 1. The quantitative estimate of drug-likeness (QED) is 0.868. The van der Waals surface area contributed by atoms with Crippen LogP contribution in [0.1, 0.15) is 23.7 Å². The van der Waals surface area contributed by atoms with Crippen molar-refractivity contribution in [3.8, 4) is 11.1 Å². The van der Waals surface area contributed by atoms with Gasteiger partial charge in [0.25, 0.3) is 0 Å². The lowest BCUT2D eigenvalue weighted by atomic mass is 10.00. The van der Waals surface area contributed by atoms with E-state index in [0.717, 1.165) is 35.1 Å². The highest BCUT2D eigenvalue weighted by atomic mass is 35.5.